The van der Waals surface area contributed by atoms with Crippen LogP contribution in [0.2, 0.25) is 10.0 Å². The minimum atomic E-state index is -4.76. The molecule has 0 aliphatic carbocycles. The molecular weight excluding hydrogens is 877 g/mol. The highest BCUT2D eigenvalue weighted by Gasteiger charge is 2.35. The number of hydrogen-bond donors (Lipinski definition) is 2. The summed E-state index contributed by atoms with van der Waals surface area (Å²) < 4.78 is 125. The van der Waals surface area contributed by atoms with Crippen LogP contribution in [-0.4, -0.2) is 26.8 Å². The number of anilines is 2. The number of nitrogens with zero attached hydrogens (tertiary/aromatic N) is 2. The van der Waals surface area contributed by atoms with E-state index in [0.29, 0.717) is 28.0 Å². The van der Waals surface area contributed by atoms with Crippen LogP contribution >= 0.6 is 65.7 Å². The molecule has 0 unspecified atom stereocenters. The first kappa shape index (κ1) is 40.8. The van der Waals surface area contributed by atoms with Gasteiger partial charge < -0.3 is 5.73 Å². The van der Waals surface area contributed by atoms with Gasteiger partial charge >= 0.3 is 12.4 Å². The third-order valence-electron chi connectivity index (χ3n) is 5.30. The number of alkyl halides is 6. The molecule has 4 rings (SSSR count). The van der Waals surface area contributed by atoms with Crippen molar-refractivity contribution in [3.05, 3.63) is 102 Å². The molecule has 0 aliphatic rings. The summed E-state index contributed by atoms with van der Waals surface area (Å²) in [6.45, 7) is 3.65. The molecule has 2 heterocycles. The molecule has 47 heavy (non-hydrogen) atoms. The van der Waals surface area contributed by atoms with E-state index in [2.05, 4.69) is 46.5 Å². The molecule has 0 aliphatic heterocycles. The Morgan fingerprint density at radius 2 is 1.15 bits per heavy atom. The van der Waals surface area contributed by atoms with Crippen molar-refractivity contribution in [3.8, 4) is 0 Å². The molecule has 2 aromatic carbocycles. The summed E-state index contributed by atoms with van der Waals surface area (Å²) in [6.07, 6.45) is -6.20. The minimum Gasteiger partial charge on any atom is -0.397 e. The van der Waals surface area contributed by atoms with E-state index in [-0.39, 0.29) is 10.3 Å². The van der Waals surface area contributed by atoms with Gasteiger partial charge in [-0.05, 0) is 105 Å². The molecule has 256 valence electrons. The second-order valence-electron chi connectivity index (χ2n) is 9.07. The van der Waals surface area contributed by atoms with Crippen molar-refractivity contribution >= 4 is 96.2 Å². The zero-order valence-electron chi connectivity index (χ0n) is 23.4. The molecule has 0 bridgehead atoms. The summed E-state index contributed by atoms with van der Waals surface area (Å²) >= 11 is 17.0. The first-order chi connectivity index (χ1) is 21.3. The van der Waals surface area contributed by atoms with Crippen molar-refractivity contribution in [1.29, 1.82) is 0 Å². The Balaban J connectivity index is 0.000000273. The first-order valence-corrected chi connectivity index (χ1v) is 18.2. The van der Waals surface area contributed by atoms with Crippen molar-refractivity contribution in [3.63, 3.8) is 0 Å². The normalized spacial score (nSPS) is 11.9. The fourth-order valence-corrected chi connectivity index (χ4v) is 6.14. The summed E-state index contributed by atoms with van der Waals surface area (Å²) in [6, 6.07) is 7.87. The van der Waals surface area contributed by atoms with Crippen LogP contribution in [0, 0.1) is 13.8 Å². The van der Waals surface area contributed by atoms with E-state index in [1.165, 1.54) is 12.3 Å². The lowest BCUT2D eigenvalue weighted by molar-refractivity contribution is -0.138. The van der Waals surface area contributed by atoms with Gasteiger partial charge in [-0.15, -0.1) is 0 Å². The maximum absolute atomic E-state index is 12.8. The Kier molecular flexibility index (Phi) is 13.8. The molecule has 0 saturated carbocycles. The largest absolute Gasteiger partial charge is 0.417 e. The first-order valence-electron chi connectivity index (χ1n) is 12.0. The molecule has 0 fully saturated rings. The van der Waals surface area contributed by atoms with Crippen molar-refractivity contribution < 1.29 is 43.2 Å². The van der Waals surface area contributed by atoms with E-state index in [4.69, 9.17) is 39.6 Å². The quantitative estimate of drug-likeness (QED) is 0.119. The zero-order valence-corrected chi connectivity index (χ0v) is 30.4. The summed E-state index contributed by atoms with van der Waals surface area (Å²) in [4.78, 5) is 6.69. The van der Waals surface area contributed by atoms with Gasteiger partial charge in [0.05, 0.1) is 42.3 Å². The number of nitrogens with one attached hydrogen (secondary N) is 1. The standard InChI is InChI=1S/C13H9BrClF3N2O2S.C7H3Cl2F3O2S.C6H7BrN2/c1-7-4-11(12(14)19-6-7)20-23(21,22)8-2-3-10(15)9(5-8)13(16,17)18;8-6-2-1-4(15(9,13)14)3-5(6)7(10,11)12;1-4-2-5(8)6(7)9-3-4/h2-6,20H,1H3;1-3H;2-3H,8H2,1H3. The Morgan fingerprint density at radius 1 is 0.723 bits per heavy atom. The fourth-order valence-electron chi connectivity index (χ4n) is 3.16. The summed E-state index contributed by atoms with van der Waals surface area (Å²) in [5.41, 5.74) is 5.63. The zero-order chi connectivity index (χ0) is 36.1. The second kappa shape index (κ2) is 15.9. The molecule has 21 heteroatoms. The highest BCUT2D eigenvalue weighted by atomic mass is 79.9. The maximum atomic E-state index is 12.8. The van der Waals surface area contributed by atoms with Gasteiger partial charge in [0, 0.05) is 23.1 Å². The Morgan fingerprint density at radius 3 is 1.57 bits per heavy atom. The molecular formula is C26H19Br2Cl3F6N4O4S2. The van der Waals surface area contributed by atoms with E-state index >= 15 is 0 Å². The van der Waals surface area contributed by atoms with Crippen LogP contribution in [0.5, 0.6) is 0 Å². The lowest BCUT2D eigenvalue weighted by atomic mass is 10.2. The second-order valence-corrected chi connectivity index (χ2v) is 15.6. The lowest BCUT2D eigenvalue weighted by Crippen LogP contribution is -2.15. The van der Waals surface area contributed by atoms with E-state index < -0.39 is 62.4 Å². The molecule has 2 aromatic heterocycles. The number of nitrogens with two attached hydrogens (primary N) is 1. The topological polar surface area (TPSA) is 132 Å². The molecule has 0 saturated heterocycles. The number of aromatic nitrogens is 2. The third-order valence-corrected chi connectivity index (χ3v) is 9.97. The third kappa shape index (κ3) is 12.2. The Hall–Kier alpha value is -2.35. The predicted molar refractivity (Wildman–Crippen MR) is 175 cm³/mol. The number of hydrogen-bond acceptors (Lipinski definition) is 7. The van der Waals surface area contributed by atoms with Crippen LogP contribution in [0.4, 0.5) is 37.7 Å². The van der Waals surface area contributed by atoms with Gasteiger partial charge in [-0.25, -0.2) is 26.8 Å². The van der Waals surface area contributed by atoms with Gasteiger partial charge in [-0.2, -0.15) is 26.3 Å². The molecule has 0 amide bonds. The monoisotopic (exact) mass is 892 g/mol. The highest BCUT2D eigenvalue weighted by Crippen LogP contribution is 2.37. The average Bonchev–Trinajstić information content (AvgIpc) is 2.92. The van der Waals surface area contributed by atoms with Crippen molar-refractivity contribution in [2.45, 2.75) is 36.0 Å². The van der Waals surface area contributed by atoms with Crippen LogP contribution in [0.3, 0.4) is 0 Å². The van der Waals surface area contributed by atoms with E-state index in [1.807, 2.05) is 13.0 Å². The minimum absolute atomic E-state index is 0.119. The predicted octanol–water partition coefficient (Wildman–Crippen LogP) is 9.65. The number of halogens is 11. The van der Waals surface area contributed by atoms with Crippen LogP contribution in [0.15, 0.2) is 79.9 Å². The smallest absolute Gasteiger partial charge is 0.397 e. The Labute approximate surface area is 296 Å². The lowest BCUT2D eigenvalue weighted by Gasteiger charge is -2.13. The highest BCUT2D eigenvalue weighted by molar-refractivity contribution is 9.10. The average molecular weight is 896 g/mol. The summed E-state index contributed by atoms with van der Waals surface area (Å²) in [5, 5.41) is -1.15. The maximum Gasteiger partial charge on any atom is 0.417 e. The molecule has 3 N–H and O–H groups in total. The molecule has 8 nitrogen and oxygen atoms in total. The van der Waals surface area contributed by atoms with Gasteiger partial charge in [-0.3, -0.25) is 4.72 Å². The summed E-state index contributed by atoms with van der Waals surface area (Å²) in [5.74, 6) is 0. The van der Waals surface area contributed by atoms with Gasteiger partial charge in [0.25, 0.3) is 19.1 Å². The molecule has 0 spiro atoms. The van der Waals surface area contributed by atoms with Crippen molar-refractivity contribution in [2.75, 3.05) is 10.5 Å². The fraction of sp³-hybridized carbons (Fsp3) is 0.154. The molecule has 0 atom stereocenters. The van der Waals surface area contributed by atoms with Crippen LogP contribution in [0.25, 0.3) is 0 Å². The number of nitrogen functional groups attached to an aromatic ring is 1. The van der Waals surface area contributed by atoms with Gasteiger partial charge in [0.2, 0.25) is 0 Å². The molecule has 0 radical (unpaired) electrons. The van der Waals surface area contributed by atoms with E-state index in [1.54, 1.807) is 13.1 Å². The van der Waals surface area contributed by atoms with Crippen LogP contribution in [-0.2, 0) is 31.4 Å². The summed E-state index contributed by atoms with van der Waals surface area (Å²) in [7, 11) is -3.52. The number of pyridine rings is 2. The number of rotatable bonds is 4. The van der Waals surface area contributed by atoms with Crippen molar-refractivity contribution in [2.24, 2.45) is 0 Å². The number of aryl methyl sites for hydroxylation is 2. The number of benzene rings is 2. The van der Waals surface area contributed by atoms with E-state index in [0.717, 1.165) is 29.8 Å². The van der Waals surface area contributed by atoms with Gasteiger partial charge in [0.15, 0.2) is 0 Å². The van der Waals surface area contributed by atoms with Gasteiger partial charge in [0.1, 0.15) is 9.21 Å². The Bertz CT molecular complexity index is 1990. The van der Waals surface area contributed by atoms with Gasteiger partial charge in [-0.1, -0.05) is 23.2 Å². The SMILES string of the molecule is Cc1cnc(Br)c(N)c1.Cc1cnc(Br)c(NS(=O)(=O)c2ccc(Cl)c(C(F)(F)F)c2)c1.O=S(=O)(Cl)c1ccc(Cl)c(C(F)(F)F)c1. The van der Waals surface area contributed by atoms with Crippen molar-refractivity contribution in [1.82, 2.24) is 9.97 Å². The van der Waals surface area contributed by atoms with Crippen LogP contribution in [0.1, 0.15) is 22.3 Å². The number of sulfonamides is 1. The molecule has 4 aromatic rings. The van der Waals surface area contributed by atoms with E-state index in [9.17, 15) is 43.2 Å². The van der Waals surface area contributed by atoms with Crippen LogP contribution < -0.4 is 10.5 Å².